The molecule has 0 aromatic carbocycles. The average Bonchev–Trinajstić information content (AvgIpc) is 2.07. The molecule has 0 amide bonds. The molecule has 0 aliphatic carbocycles. The highest BCUT2D eigenvalue weighted by atomic mass is 35.5. The maximum absolute atomic E-state index is 11.1. The summed E-state index contributed by atoms with van der Waals surface area (Å²) in [7, 11) is 0. The fraction of sp³-hybridized carbons (Fsp3) is 0.125. The first-order chi connectivity index (χ1) is 5.74. The molecule has 0 fully saturated rings. The van der Waals surface area contributed by atoms with Crippen LogP contribution in [0.2, 0.25) is 5.02 Å². The van der Waals surface area contributed by atoms with Crippen LogP contribution in [0.4, 0.5) is 0 Å². The first-order valence-corrected chi connectivity index (χ1v) is 4.40. The molecule has 0 saturated heterocycles. The standard InChI is InChI=1S/C8H8ClNOS/c9-7-4-6(2-1-3-12)8(11)10-5-7/h1-2,4-5,12H,3H2,(H,10,11). The number of H-pyrrole nitrogens is 1. The van der Waals surface area contributed by atoms with Gasteiger partial charge in [-0.2, -0.15) is 12.6 Å². The van der Waals surface area contributed by atoms with E-state index in [9.17, 15) is 4.79 Å². The van der Waals surface area contributed by atoms with Gasteiger partial charge in [0.15, 0.2) is 0 Å². The normalized spacial score (nSPS) is 10.8. The zero-order valence-corrected chi connectivity index (χ0v) is 7.90. The van der Waals surface area contributed by atoms with Gasteiger partial charge in [-0.25, -0.2) is 0 Å². The first kappa shape index (κ1) is 9.42. The Morgan fingerprint density at radius 3 is 3.08 bits per heavy atom. The van der Waals surface area contributed by atoms with Crippen molar-refractivity contribution >= 4 is 30.3 Å². The SMILES string of the molecule is O=c1[nH]cc(Cl)cc1C=CCS. The molecule has 4 heteroatoms. The summed E-state index contributed by atoms with van der Waals surface area (Å²) in [6.45, 7) is 0. The molecule has 64 valence electrons. The van der Waals surface area contributed by atoms with E-state index in [1.807, 2.05) is 0 Å². The number of rotatable bonds is 2. The quantitative estimate of drug-likeness (QED) is 0.705. The second-order valence-electron chi connectivity index (χ2n) is 2.19. The Kier molecular flexibility index (Phi) is 3.44. The molecule has 1 aromatic heterocycles. The zero-order chi connectivity index (χ0) is 8.97. The van der Waals surface area contributed by atoms with Crippen LogP contribution in [0.15, 0.2) is 23.1 Å². The fourth-order valence-electron chi connectivity index (χ4n) is 0.777. The summed E-state index contributed by atoms with van der Waals surface area (Å²) in [6, 6.07) is 1.61. The van der Waals surface area contributed by atoms with E-state index in [4.69, 9.17) is 11.6 Å². The lowest BCUT2D eigenvalue weighted by atomic mass is 10.2. The molecule has 0 aliphatic heterocycles. The molecular weight excluding hydrogens is 194 g/mol. The summed E-state index contributed by atoms with van der Waals surface area (Å²) < 4.78 is 0. The Morgan fingerprint density at radius 1 is 1.67 bits per heavy atom. The molecule has 12 heavy (non-hydrogen) atoms. The first-order valence-electron chi connectivity index (χ1n) is 3.39. The predicted octanol–water partition coefficient (Wildman–Crippen LogP) is 1.97. The summed E-state index contributed by atoms with van der Waals surface area (Å²) in [4.78, 5) is 13.6. The van der Waals surface area contributed by atoms with Crippen molar-refractivity contribution < 1.29 is 0 Å². The number of aromatic nitrogens is 1. The van der Waals surface area contributed by atoms with Gasteiger partial charge in [0.1, 0.15) is 0 Å². The van der Waals surface area contributed by atoms with Gasteiger partial charge in [0.2, 0.25) is 0 Å². The Labute approximate surface area is 80.7 Å². The number of hydrogen-bond acceptors (Lipinski definition) is 2. The van der Waals surface area contributed by atoms with Crippen molar-refractivity contribution in [3.05, 3.63) is 39.3 Å². The maximum atomic E-state index is 11.1. The van der Waals surface area contributed by atoms with Crippen molar-refractivity contribution in [2.45, 2.75) is 0 Å². The van der Waals surface area contributed by atoms with Crippen LogP contribution in [0.25, 0.3) is 6.08 Å². The summed E-state index contributed by atoms with van der Waals surface area (Å²) >= 11 is 9.65. The van der Waals surface area contributed by atoms with Crippen LogP contribution in [0.1, 0.15) is 5.56 Å². The number of nitrogens with one attached hydrogen (secondary N) is 1. The van der Waals surface area contributed by atoms with Gasteiger partial charge in [-0.05, 0) is 6.07 Å². The monoisotopic (exact) mass is 201 g/mol. The largest absolute Gasteiger partial charge is 0.327 e. The number of thiol groups is 1. The summed E-state index contributed by atoms with van der Waals surface area (Å²) in [5.74, 6) is 0.603. The third-order valence-electron chi connectivity index (χ3n) is 1.30. The number of aromatic amines is 1. The van der Waals surface area contributed by atoms with Gasteiger partial charge in [0, 0.05) is 17.5 Å². The fourth-order valence-corrected chi connectivity index (χ4v) is 1.05. The molecule has 0 spiro atoms. The predicted molar refractivity (Wildman–Crippen MR) is 55.0 cm³/mol. The van der Waals surface area contributed by atoms with E-state index in [1.165, 1.54) is 6.20 Å². The minimum absolute atomic E-state index is 0.141. The highest BCUT2D eigenvalue weighted by Crippen LogP contribution is 2.06. The summed E-state index contributed by atoms with van der Waals surface area (Å²) in [5, 5.41) is 0.522. The molecule has 1 heterocycles. The van der Waals surface area contributed by atoms with E-state index >= 15 is 0 Å². The molecular formula is C8H8ClNOS. The van der Waals surface area contributed by atoms with E-state index in [-0.39, 0.29) is 5.56 Å². The van der Waals surface area contributed by atoms with Gasteiger partial charge in [0.05, 0.1) is 5.02 Å². The van der Waals surface area contributed by atoms with Crippen LogP contribution in [0.3, 0.4) is 0 Å². The van der Waals surface area contributed by atoms with E-state index < -0.39 is 0 Å². The van der Waals surface area contributed by atoms with Crippen LogP contribution in [0.5, 0.6) is 0 Å². The van der Waals surface area contributed by atoms with Gasteiger partial charge in [-0.1, -0.05) is 23.8 Å². The number of hydrogen-bond donors (Lipinski definition) is 2. The molecule has 0 unspecified atom stereocenters. The Hall–Kier alpha value is -0.670. The molecule has 0 aliphatic rings. The smallest absolute Gasteiger partial charge is 0.255 e. The van der Waals surface area contributed by atoms with E-state index in [1.54, 1.807) is 18.2 Å². The third kappa shape index (κ3) is 2.43. The van der Waals surface area contributed by atoms with Crippen molar-refractivity contribution in [1.29, 1.82) is 0 Å². The Balaban J connectivity index is 3.06. The van der Waals surface area contributed by atoms with E-state index in [0.717, 1.165) is 0 Å². The highest BCUT2D eigenvalue weighted by molar-refractivity contribution is 7.80. The maximum Gasteiger partial charge on any atom is 0.255 e. The van der Waals surface area contributed by atoms with Gasteiger partial charge in [-0.3, -0.25) is 4.79 Å². The average molecular weight is 202 g/mol. The minimum atomic E-state index is -0.141. The second kappa shape index (κ2) is 4.38. The van der Waals surface area contributed by atoms with Crippen molar-refractivity contribution in [3.8, 4) is 0 Å². The van der Waals surface area contributed by atoms with Gasteiger partial charge in [0.25, 0.3) is 5.56 Å². The lowest BCUT2D eigenvalue weighted by molar-refractivity contribution is 1.23. The van der Waals surface area contributed by atoms with Gasteiger partial charge < -0.3 is 4.98 Å². The van der Waals surface area contributed by atoms with Crippen molar-refractivity contribution in [1.82, 2.24) is 4.98 Å². The number of pyridine rings is 1. The van der Waals surface area contributed by atoms with Crippen LogP contribution in [0, 0.1) is 0 Å². The molecule has 1 N–H and O–H groups in total. The van der Waals surface area contributed by atoms with Gasteiger partial charge >= 0.3 is 0 Å². The van der Waals surface area contributed by atoms with Crippen LogP contribution < -0.4 is 5.56 Å². The Bertz CT molecular complexity index is 345. The highest BCUT2D eigenvalue weighted by Gasteiger charge is 1.94. The van der Waals surface area contributed by atoms with E-state index in [2.05, 4.69) is 17.6 Å². The van der Waals surface area contributed by atoms with Gasteiger partial charge in [-0.15, -0.1) is 0 Å². The zero-order valence-electron chi connectivity index (χ0n) is 6.25. The summed E-state index contributed by atoms with van der Waals surface area (Å²) in [5.41, 5.74) is 0.411. The lowest BCUT2D eigenvalue weighted by Gasteiger charge is -1.92. The van der Waals surface area contributed by atoms with Crippen molar-refractivity contribution in [2.24, 2.45) is 0 Å². The minimum Gasteiger partial charge on any atom is -0.327 e. The molecule has 0 radical (unpaired) electrons. The lowest BCUT2D eigenvalue weighted by Crippen LogP contribution is -2.07. The topological polar surface area (TPSA) is 32.9 Å². The van der Waals surface area contributed by atoms with Crippen LogP contribution in [-0.4, -0.2) is 10.7 Å². The third-order valence-corrected chi connectivity index (χ3v) is 1.73. The van der Waals surface area contributed by atoms with Crippen molar-refractivity contribution in [2.75, 3.05) is 5.75 Å². The molecule has 1 rings (SSSR count). The summed E-state index contributed by atoms with van der Waals surface area (Å²) in [6.07, 6.45) is 4.93. The Morgan fingerprint density at radius 2 is 2.42 bits per heavy atom. The second-order valence-corrected chi connectivity index (χ2v) is 2.99. The number of halogens is 1. The molecule has 0 saturated carbocycles. The van der Waals surface area contributed by atoms with Crippen LogP contribution >= 0.6 is 24.2 Å². The van der Waals surface area contributed by atoms with E-state index in [0.29, 0.717) is 16.3 Å². The molecule has 2 nitrogen and oxygen atoms in total. The molecule has 0 bridgehead atoms. The van der Waals surface area contributed by atoms with Crippen molar-refractivity contribution in [3.63, 3.8) is 0 Å². The molecule has 0 atom stereocenters. The molecule has 1 aromatic rings. The van der Waals surface area contributed by atoms with Crippen LogP contribution in [-0.2, 0) is 0 Å².